The molecule has 116 valence electrons. The Kier molecular flexibility index (Phi) is 6.14. The quantitative estimate of drug-likeness (QED) is 0.822. The van der Waals surface area contributed by atoms with Gasteiger partial charge in [-0.15, -0.1) is 0 Å². The number of carbonyl (C=O) groups is 1. The smallest absolute Gasteiger partial charge is 0.319 e. The second-order valence-corrected chi connectivity index (χ2v) is 5.52. The van der Waals surface area contributed by atoms with E-state index in [0.29, 0.717) is 18.2 Å². The number of hydrogen-bond acceptors (Lipinski definition) is 3. The largest absolute Gasteiger partial charge is 0.383 e. The van der Waals surface area contributed by atoms with Gasteiger partial charge in [0.25, 0.3) is 0 Å². The van der Waals surface area contributed by atoms with Crippen LogP contribution in [0.2, 0.25) is 5.02 Å². The fourth-order valence-corrected chi connectivity index (χ4v) is 2.62. The van der Waals surface area contributed by atoms with E-state index in [1.807, 2.05) is 12.1 Å². The maximum atomic E-state index is 11.9. The van der Waals surface area contributed by atoms with E-state index in [-0.39, 0.29) is 6.03 Å². The minimum atomic E-state index is -0.243. The van der Waals surface area contributed by atoms with Crippen molar-refractivity contribution >= 4 is 29.0 Å². The van der Waals surface area contributed by atoms with Crippen molar-refractivity contribution in [1.82, 2.24) is 5.32 Å². The van der Waals surface area contributed by atoms with E-state index in [4.69, 9.17) is 16.3 Å². The van der Waals surface area contributed by atoms with Crippen molar-refractivity contribution in [3.05, 3.63) is 23.2 Å². The summed E-state index contributed by atoms with van der Waals surface area (Å²) in [5.41, 5.74) is 1.78. The van der Waals surface area contributed by atoms with Crippen LogP contribution in [0, 0.1) is 0 Å². The number of carbonyl (C=O) groups excluding carboxylic acids is 1. The molecule has 1 aromatic rings. The molecule has 1 aromatic carbocycles. The van der Waals surface area contributed by atoms with Crippen LogP contribution in [-0.2, 0) is 4.74 Å². The van der Waals surface area contributed by atoms with Gasteiger partial charge in [0, 0.05) is 31.8 Å². The lowest BCUT2D eigenvalue weighted by atomic mass is 10.1. The standard InChI is InChI=1S/C15H22ClN3O2/c1-21-10-7-17-15(20)18-13-11-12(16)5-6-14(13)19-8-3-2-4-9-19/h5-6,11H,2-4,7-10H2,1H3,(H2,17,18,20). The monoisotopic (exact) mass is 311 g/mol. The third-order valence-electron chi connectivity index (χ3n) is 3.50. The summed E-state index contributed by atoms with van der Waals surface area (Å²) in [6.07, 6.45) is 3.63. The average molecular weight is 312 g/mol. The number of hydrogen-bond donors (Lipinski definition) is 2. The molecule has 1 heterocycles. The number of amides is 2. The number of urea groups is 1. The minimum Gasteiger partial charge on any atom is -0.383 e. The maximum absolute atomic E-state index is 11.9. The molecule has 1 saturated heterocycles. The van der Waals surface area contributed by atoms with Crippen molar-refractivity contribution in [2.75, 3.05) is 43.6 Å². The Bertz CT molecular complexity index is 476. The molecule has 2 N–H and O–H groups in total. The molecular weight excluding hydrogens is 290 g/mol. The summed E-state index contributed by atoms with van der Waals surface area (Å²) in [4.78, 5) is 14.2. The molecule has 0 radical (unpaired) electrons. The Hall–Kier alpha value is -1.46. The van der Waals surface area contributed by atoms with Gasteiger partial charge in [-0.25, -0.2) is 4.79 Å². The zero-order valence-corrected chi connectivity index (χ0v) is 13.1. The topological polar surface area (TPSA) is 53.6 Å². The molecule has 1 aliphatic heterocycles. The summed E-state index contributed by atoms with van der Waals surface area (Å²) in [6, 6.07) is 5.38. The van der Waals surface area contributed by atoms with Gasteiger partial charge in [0.2, 0.25) is 0 Å². The zero-order valence-electron chi connectivity index (χ0n) is 12.3. The van der Waals surface area contributed by atoms with Crippen LogP contribution in [0.1, 0.15) is 19.3 Å². The van der Waals surface area contributed by atoms with Crippen LogP contribution in [0.15, 0.2) is 18.2 Å². The summed E-state index contributed by atoms with van der Waals surface area (Å²) in [7, 11) is 1.60. The van der Waals surface area contributed by atoms with Crippen LogP contribution in [-0.4, -0.2) is 39.4 Å². The first-order valence-electron chi connectivity index (χ1n) is 7.29. The number of nitrogens with zero attached hydrogens (tertiary/aromatic N) is 1. The molecule has 5 nitrogen and oxygen atoms in total. The lowest BCUT2D eigenvalue weighted by Gasteiger charge is -2.30. The van der Waals surface area contributed by atoms with Crippen molar-refractivity contribution in [3.8, 4) is 0 Å². The second kappa shape index (κ2) is 8.10. The number of nitrogens with one attached hydrogen (secondary N) is 2. The van der Waals surface area contributed by atoms with Crippen molar-refractivity contribution in [2.24, 2.45) is 0 Å². The van der Waals surface area contributed by atoms with Crippen molar-refractivity contribution in [1.29, 1.82) is 0 Å². The van der Waals surface area contributed by atoms with Gasteiger partial charge >= 0.3 is 6.03 Å². The van der Waals surface area contributed by atoms with Crippen LogP contribution in [0.3, 0.4) is 0 Å². The Morgan fingerprint density at radius 2 is 2.10 bits per heavy atom. The van der Waals surface area contributed by atoms with Gasteiger partial charge in [-0.05, 0) is 37.5 Å². The average Bonchev–Trinajstić information content (AvgIpc) is 2.48. The number of benzene rings is 1. The predicted molar refractivity (Wildman–Crippen MR) is 86.4 cm³/mol. The van der Waals surface area contributed by atoms with Crippen molar-refractivity contribution in [3.63, 3.8) is 0 Å². The highest BCUT2D eigenvalue weighted by atomic mass is 35.5. The van der Waals surface area contributed by atoms with Gasteiger partial charge in [0.1, 0.15) is 0 Å². The SMILES string of the molecule is COCCNC(=O)Nc1cc(Cl)ccc1N1CCCCC1. The lowest BCUT2D eigenvalue weighted by molar-refractivity contribution is 0.198. The van der Waals surface area contributed by atoms with Crippen LogP contribution >= 0.6 is 11.6 Å². The molecule has 0 saturated carbocycles. The molecule has 0 atom stereocenters. The van der Waals surface area contributed by atoms with Crippen LogP contribution in [0.4, 0.5) is 16.2 Å². The molecular formula is C15H22ClN3O2. The van der Waals surface area contributed by atoms with E-state index in [1.54, 1.807) is 13.2 Å². The summed E-state index contributed by atoms with van der Waals surface area (Å²) >= 11 is 6.06. The first-order valence-corrected chi connectivity index (χ1v) is 7.67. The highest BCUT2D eigenvalue weighted by molar-refractivity contribution is 6.31. The molecule has 0 aliphatic carbocycles. The third kappa shape index (κ3) is 4.79. The number of ether oxygens (including phenoxy) is 1. The third-order valence-corrected chi connectivity index (χ3v) is 3.73. The van der Waals surface area contributed by atoms with Crippen molar-refractivity contribution < 1.29 is 9.53 Å². The summed E-state index contributed by atoms with van der Waals surface area (Å²) in [5.74, 6) is 0. The van der Waals surface area contributed by atoms with Gasteiger partial charge < -0.3 is 20.3 Å². The fourth-order valence-electron chi connectivity index (χ4n) is 2.45. The van der Waals surface area contributed by atoms with E-state index < -0.39 is 0 Å². The van der Waals surface area contributed by atoms with Gasteiger partial charge in [0.15, 0.2) is 0 Å². The zero-order chi connectivity index (χ0) is 15.1. The highest BCUT2D eigenvalue weighted by Crippen LogP contribution is 2.31. The van der Waals surface area contributed by atoms with E-state index in [0.717, 1.165) is 24.5 Å². The fraction of sp³-hybridized carbons (Fsp3) is 0.533. The molecule has 1 fully saturated rings. The van der Waals surface area contributed by atoms with Crippen LogP contribution in [0.25, 0.3) is 0 Å². The Balaban J connectivity index is 2.05. The van der Waals surface area contributed by atoms with E-state index in [9.17, 15) is 4.79 Å². The number of rotatable bonds is 5. The minimum absolute atomic E-state index is 0.243. The van der Waals surface area contributed by atoms with Gasteiger partial charge in [-0.1, -0.05) is 11.6 Å². The molecule has 6 heteroatoms. The molecule has 0 aromatic heterocycles. The molecule has 2 amide bonds. The molecule has 0 unspecified atom stereocenters. The highest BCUT2D eigenvalue weighted by Gasteiger charge is 2.16. The first-order chi connectivity index (χ1) is 10.2. The normalized spacial score (nSPS) is 14.9. The lowest BCUT2D eigenvalue weighted by Crippen LogP contribution is -2.33. The first kappa shape index (κ1) is 15.9. The van der Waals surface area contributed by atoms with E-state index in [1.165, 1.54) is 19.3 Å². The molecule has 2 rings (SSSR count). The van der Waals surface area contributed by atoms with Gasteiger partial charge in [-0.3, -0.25) is 0 Å². The molecule has 21 heavy (non-hydrogen) atoms. The molecule has 0 spiro atoms. The number of anilines is 2. The summed E-state index contributed by atoms with van der Waals surface area (Å²) in [6.45, 7) is 2.99. The Morgan fingerprint density at radius 3 is 2.81 bits per heavy atom. The van der Waals surface area contributed by atoms with Crippen molar-refractivity contribution in [2.45, 2.75) is 19.3 Å². The van der Waals surface area contributed by atoms with Crippen LogP contribution in [0.5, 0.6) is 0 Å². The number of methoxy groups -OCH3 is 1. The molecule has 0 bridgehead atoms. The predicted octanol–water partition coefficient (Wildman–Crippen LogP) is 3.10. The van der Waals surface area contributed by atoms with Crippen LogP contribution < -0.4 is 15.5 Å². The molecule has 1 aliphatic rings. The summed E-state index contributed by atoms with van der Waals surface area (Å²) in [5, 5.41) is 6.23. The van der Waals surface area contributed by atoms with E-state index in [2.05, 4.69) is 15.5 Å². The summed E-state index contributed by atoms with van der Waals surface area (Å²) < 4.78 is 4.91. The maximum Gasteiger partial charge on any atom is 0.319 e. The van der Waals surface area contributed by atoms with Gasteiger partial charge in [0.05, 0.1) is 18.0 Å². The van der Waals surface area contributed by atoms with Gasteiger partial charge in [-0.2, -0.15) is 0 Å². The second-order valence-electron chi connectivity index (χ2n) is 5.08. The Morgan fingerprint density at radius 1 is 1.33 bits per heavy atom. The van der Waals surface area contributed by atoms with E-state index >= 15 is 0 Å². The Labute approximate surface area is 130 Å². The number of halogens is 1. The number of piperidine rings is 1.